The Morgan fingerprint density at radius 1 is 1.24 bits per heavy atom. The highest BCUT2D eigenvalue weighted by atomic mass is 15.3. The molecule has 0 spiro atoms. The minimum Gasteiger partial charge on any atom is -0.368 e. The average Bonchev–Trinajstić information content (AvgIpc) is 2.46. The van der Waals surface area contributed by atoms with Crippen LogP contribution in [-0.4, -0.2) is 43.2 Å². The molecule has 118 valence electrons. The van der Waals surface area contributed by atoms with Crippen LogP contribution in [-0.2, 0) is 6.42 Å². The predicted molar refractivity (Wildman–Crippen MR) is 92.0 cm³/mol. The Labute approximate surface area is 130 Å². The van der Waals surface area contributed by atoms with Crippen LogP contribution < -0.4 is 10.6 Å². The number of benzene rings is 1. The van der Waals surface area contributed by atoms with Gasteiger partial charge < -0.3 is 10.6 Å². The van der Waals surface area contributed by atoms with Crippen LogP contribution in [0.4, 0.5) is 5.69 Å². The lowest BCUT2D eigenvalue weighted by molar-refractivity contribution is 0.170. The zero-order valence-corrected chi connectivity index (χ0v) is 14.3. The van der Waals surface area contributed by atoms with Crippen LogP contribution in [0.2, 0.25) is 0 Å². The SMILES string of the molecule is CCC(N)Cc1ccc(N2CC(C)N(C)C(C)C2)cc1C. The molecule has 21 heavy (non-hydrogen) atoms. The monoisotopic (exact) mass is 289 g/mol. The first-order valence-corrected chi connectivity index (χ1v) is 8.24. The minimum atomic E-state index is 0.276. The van der Waals surface area contributed by atoms with E-state index in [9.17, 15) is 0 Å². The van der Waals surface area contributed by atoms with Gasteiger partial charge in [0.2, 0.25) is 0 Å². The van der Waals surface area contributed by atoms with Crippen LogP contribution >= 0.6 is 0 Å². The summed E-state index contributed by atoms with van der Waals surface area (Å²) in [5.41, 5.74) is 10.2. The molecule has 1 aliphatic rings. The Balaban J connectivity index is 2.13. The van der Waals surface area contributed by atoms with E-state index < -0.39 is 0 Å². The van der Waals surface area contributed by atoms with Gasteiger partial charge in [-0.25, -0.2) is 0 Å². The van der Waals surface area contributed by atoms with Crippen molar-refractivity contribution < 1.29 is 0 Å². The molecule has 1 saturated heterocycles. The molecule has 0 amide bonds. The number of anilines is 1. The van der Waals surface area contributed by atoms with E-state index in [4.69, 9.17) is 5.73 Å². The summed E-state index contributed by atoms with van der Waals surface area (Å²) in [6.45, 7) is 11.2. The van der Waals surface area contributed by atoms with Crippen molar-refractivity contribution in [3.8, 4) is 0 Å². The van der Waals surface area contributed by atoms with E-state index in [1.165, 1.54) is 16.8 Å². The van der Waals surface area contributed by atoms with Crippen LogP contribution in [0, 0.1) is 6.92 Å². The molecule has 1 aliphatic heterocycles. The molecule has 2 N–H and O–H groups in total. The molecule has 0 bridgehead atoms. The first-order chi connectivity index (χ1) is 9.92. The van der Waals surface area contributed by atoms with E-state index in [1.54, 1.807) is 0 Å². The highest BCUT2D eigenvalue weighted by Gasteiger charge is 2.26. The van der Waals surface area contributed by atoms with E-state index in [1.807, 2.05) is 0 Å². The third-order valence-electron chi connectivity index (χ3n) is 5.06. The van der Waals surface area contributed by atoms with E-state index in [-0.39, 0.29) is 6.04 Å². The van der Waals surface area contributed by atoms with Crippen molar-refractivity contribution in [3.63, 3.8) is 0 Å². The fourth-order valence-corrected chi connectivity index (χ4v) is 3.15. The largest absolute Gasteiger partial charge is 0.368 e. The van der Waals surface area contributed by atoms with Crippen molar-refractivity contribution in [2.45, 2.75) is 58.7 Å². The Hall–Kier alpha value is -1.06. The first kappa shape index (κ1) is 16.3. The van der Waals surface area contributed by atoms with Gasteiger partial charge in [-0.3, -0.25) is 4.90 Å². The summed E-state index contributed by atoms with van der Waals surface area (Å²) in [6, 6.07) is 8.36. The van der Waals surface area contributed by atoms with Crippen LogP contribution in [0.15, 0.2) is 18.2 Å². The standard InChI is InChI=1S/C18H31N3/c1-6-17(19)10-16-7-8-18(9-13(16)2)21-11-14(3)20(5)15(4)12-21/h7-9,14-15,17H,6,10-12,19H2,1-5H3. The van der Waals surface area contributed by atoms with Gasteiger partial charge in [0.15, 0.2) is 0 Å². The molecule has 0 radical (unpaired) electrons. The smallest absolute Gasteiger partial charge is 0.0370 e. The van der Waals surface area contributed by atoms with E-state index in [0.717, 1.165) is 25.9 Å². The molecule has 1 aromatic carbocycles. The lowest BCUT2D eigenvalue weighted by atomic mass is 9.99. The molecule has 1 aromatic rings. The summed E-state index contributed by atoms with van der Waals surface area (Å²) in [5, 5.41) is 0. The maximum absolute atomic E-state index is 6.09. The fourth-order valence-electron chi connectivity index (χ4n) is 3.15. The Morgan fingerprint density at radius 3 is 2.38 bits per heavy atom. The third-order valence-corrected chi connectivity index (χ3v) is 5.06. The normalized spacial score (nSPS) is 25.1. The van der Waals surface area contributed by atoms with Crippen molar-refractivity contribution in [1.82, 2.24) is 4.90 Å². The van der Waals surface area contributed by atoms with Crippen LogP contribution in [0.3, 0.4) is 0 Å². The van der Waals surface area contributed by atoms with E-state index in [2.05, 4.69) is 62.7 Å². The molecule has 1 fully saturated rings. The first-order valence-electron chi connectivity index (χ1n) is 8.24. The second kappa shape index (κ2) is 6.80. The van der Waals surface area contributed by atoms with Crippen molar-refractivity contribution in [1.29, 1.82) is 0 Å². The summed E-state index contributed by atoms with van der Waals surface area (Å²) >= 11 is 0. The Bertz CT molecular complexity index is 460. The maximum atomic E-state index is 6.09. The molecule has 3 atom stereocenters. The van der Waals surface area contributed by atoms with Crippen molar-refractivity contribution in [3.05, 3.63) is 29.3 Å². The van der Waals surface area contributed by atoms with Gasteiger partial charge in [-0.15, -0.1) is 0 Å². The topological polar surface area (TPSA) is 32.5 Å². The molecular formula is C18H31N3. The molecule has 1 heterocycles. The number of nitrogens with zero attached hydrogens (tertiary/aromatic N) is 2. The van der Waals surface area contributed by atoms with Crippen molar-refractivity contribution >= 4 is 5.69 Å². The zero-order chi connectivity index (χ0) is 15.6. The number of nitrogens with two attached hydrogens (primary N) is 1. The van der Waals surface area contributed by atoms with E-state index in [0.29, 0.717) is 12.1 Å². The van der Waals surface area contributed by atoms with Gasteiger partial charge >= 0.3 is 0 Å². The summed E-state index contributed by atoms with van der Waals surface area (Å²) in [7, 11) is 2.23. The van der Waals surface area contributed by atoms with E-state index >= 15 is 0 Å². The molecular weight excluding hydrogens is 258 g/mol. The Morgan fingerprint density at radius 2 is 1.86 bits per heavy atom. The molecule has 3 heteroatoms. The number of likely N-dealkylation sites (N-methyl/N-ethyl adjacent to an activating group) is 1. The lowest BCUT2D eigenvalue weighted by Crippen LogP contribution is -2.55. The summed E-state index contributed by atoms with van der Waals surface area (Å²) < 4.78 is 0. The quantitative estimate of drug-likeness (QED) is 0.925. The van der Waals surface area contributed by atoms with Gasteiger partial charge in [-0.2, -0.15) is 0 Å². The maximum Gasteiger partial charge on any atom is 0.0370 e. The van der Waals surface area contributed by atoms with Gasteiger partial charge in [0, 0.05) is 36.9 Å². The van der Waals surface area contributed by atoms with Crippen LogP contribution in [0.25, 0.3) is 0 Å². The Kier molecular flexibility index (Phi) is 5.28. The second-order valence-corrected chi connectivity index (χ2v) is 6.75. The zero-order valence-electron chi connectivity index (χ0n) is 14.3. The predicted octanol–water partition coefficient (Wildman–Crippen LogP) is 2.80. The third kappa shape index (κ3) is 3.78. The number of rotatable bonds is 4. The van der Waals surface area contributed by atoms with Crippen molar-refractivity contribution in [2.24, 2.45) is 5.73 Å². The highest BCUT2D eigenvalue weighted by Crippen LogP contribution is 2.24. The van der Waals surface area contributed by atoms with Gasteiger partial charge in [0.25, 0.3) is 0 Å². The second-order valence-electron chi connectivity index (χ2n) is 6.75. The molecule has 0 saturated carbocycles. The van der Waals surface area contributed by atoms with Gasteiger partial charge in [-0.05, 0) is 63.9 Å². The molecule has 0 aliphatic carbocycles. The highest BCUT2D eigenvalue weighted by molar-refractivity contribution is 5.51. The average molecular weight is 289 g/mol. The van der Waals surface area contributed by atoms with Gasteiger partial charge in [0.1, 0.15) is 0 Å². The molecule has 2 rings (SSSR count). The molecule has 3 unspecified atom stereocenters. The summed E-state index contributed by atoms with van der Waals surface area (Å²) in [6.07, 6.45) is 2.02. The van der Waals surface area contributed by atoms with Crippen molar-refractivity contribution in [2.75, 3.05) is 25.0 Å². The minimum absolute atomic E-state index is 0.276. The number of piperazine rings is 1. The van der Waals surface area contributed by atoms with Gasteiger partial charge in [0.05, 0.1) is 0 Å². The van der Waals surface area contributed by atoms with Crippen LogP contribution in [0.1, 0.15) is 38.3 Å². The summed E-state index contributed by atoms with van der Waals surface area (Å²) in [4.78, 5) is 4.99. The number of hydrogen-bond acceptors (Lipinski definition) is 3. The number of hydrogen-bond donors (Lipinski definition) is 1. The molecule has 0 aromatic heterocycles. The number of aryl methyl sites for hydroxylation is 1. The van der Waals surface area contributed by atoms with Gasteiger partial charge in [-0.1, -0.05) is 13.0 Å². The molecule has 3 nitrogen and oxygen atoms in total. The summed E-state index contributed by atoms with van der Waals surface area (Å²) in [5.74, 6) is 0. The lowest BCUT2D eigenvalue weighted by Gasteiger charge is -2.43. The van der Waals surface area contributed by atoms with Crippen LogP contribution in [0.5, 0.6) is 0 Å². The fraction of sp³-hybridized carbons (Fsp3) is 0.667.